The van der Waals surface area contributed by atoms with Gasteiger partial charge in [-0.25, -0.2) is 0 Å². The molecule has 0 spiro atoms. The number of aliphatic hydroxyl groups excluding tert-OH is 1. The number of amides is 1. The van der Waals surface area contributed by atoms with Crippen molar-refractivity contribution in [3.8, 4) is 0 Å². The van der Waals surface area contributed by atoms with Gasteiger partial charge in [0.2, 0.25) is 5.91 Å². The average molecular weight is 267 g/mol. The van der Waals surface area contributed by atoms with E-state index in [1.54, 1.807) is 0 Å². The minimum absolute atomic E-state index is 0.0240. The van der Waals surface area contributed by atoms with Gasteiger partial charge in [0.25, 0.3) is 0 Å². The minimum Gasteiger partial charge on any atom is -0.393 e. The van der Waals surface area contributed by atoms with Crippen LogP contribution in [0.15, 0.2) is 0 Å². The SMILES string of the molecule is Cc1n[nH]c(C)c1CCC(=O)NCCC(O)C(C)C. The molecule has 0 radical (unpaired) electrons. The normalized spacial score (nSPS) is 12.7. The summed E-state index contributed by atoms with van der Waals surface area (Å²) in [7, 11) is 0. The third-order valence-corrected chi connectivity index (χ3v) is 3.41. The largest absolute Gasteiger partial charge is 0.393 e. The van der Waals surface area contributed by atoms with Gasteiger partial charge in [0.15, 0.2) is 0 Å². The molecule has 5 nitrogen and oxygen atoms in total. The number of hydrogen-bond donors (Lipinski definition) is 3. The number of aryl methyl sites for hydroxylation is 2. The number of rotatable bonds is 7. The van der Waals surface area contributed by atoms with Gasteiger partial charge in [0.1, 0.15) is 0 Å². The second-order valence-corrected chi connectivity index (χ2v) is 5.36. The minimum atomic E-state index is -0.348. The van der Waals surface area contributed by atoms with Crippen LogP contribution in [0.1, 0.15) is 43.6 Å². The summed E-state index contributed by atoms with van der Waals surface area (Å²) in [5.41, 5.74) is 3.11. The number of nitrogens with zero attached hydrogens (tertiary/aromatic N) is 1. The van der Waals surface area contributed by atoms with Crippen molar-refractivity contribution in [3.05, 3.63) is 17.0 Å². The fraction of sp³-hybridized carbons (Fsp3) is 0.714. The number of aromatic amines is 1. The predicted molar refractivity (Wildman–Crippen MR) is 74.9 cm³/mol. The molecule has 0 aliphatic rings. The highest BCUT2D eigenvalue weighted by molar-refractivity contribution is 5.76. The highest BCUT2D eigenvalue weighted by atomic mass is 16.3. The van der Waals surface area contributed by atoms with Gasteiger partial charge in [-0.1, -0.05) is 13.8 Å². The summed E-state index contributed by atoms with van der Waals surface area (Å²) < 4.78 is 0. The fourth-order valence-corrected chi connectivity index (χ4v) is 1.96. The topological polar surface area (TPSA) is 78.0 Å². The Bertz CT molecular complexity index is 393. The van der Waals surface area contributed by atoms with Crippen LogP contribution in [0.25, 0.3) is 0 Å². The van der Waals surface area contributed by atoms with Gasteiger partial charge < -0.3 is 10.4 Å². The molecule has 1 heterocycles. The van der Waals surface area contributed by atoms with Crippen molar-refractivity contribution in [3.63, 3.8) is 0 Å². The molecule has 5 heteroatoms. The monoisotopic (exact) mass is 267 g/mol. The average Bonchev–Trinajstić information content (AvgIpc) is 2.66. The molecule has 19 heavy (non-hydrogen) atoms. The summed E-state index contributed by atoms with van der Waals surface area (Å²) in [4.78, 5) is 11.7. The molecular weight excluding hydrogens is 242 g/mol. The second-order valence-electron chi connectivity index (χ2n) is 5.36. The standard InChI is InChI=1S/C14H25N3O2/c1-9(2)13(18)7-8-15-14(19)6-5-12-10(3)16-17-11(12)4/h9,13,18H,5-8H2,1-4H3,(H,15,19)(H,16,17). The Hall–Kier alpha value is -1.36. The van der Waals surface area contributed by atoms with E-state index in [4.69, 9.17) is 0 Å². The maximum absolute atomic E-state index is 11.7. The first kappa shape index (κ1) is 15.7. The molecule has 1 atom stereocenters. The van der Waals surface area contributed by atoms with E-state index < -0.39 is 0 Å². The number of nitrogens with one attached hydrogen (secondary N) is 2. The van der Waals surface area contributed by atoms with Crippen molar-refractivity contribution in [2.75, 3.05) is 6.54 Å². The zero-order valence-corrected chi connectivity index (χ0v) is 12.3. The van der Waals surface area contributed by atoms with E-state index in [9.17, 15) is 9.90 Å². The predicted octanol–water partition coefficient (Wildman–Crippen LogP) is 1.48. The molecule has 3 N–H and O–H groups in total. The summed E-state index contributed by atoms with van der Waals surface area (Å²) in [6, 6.07) is 0. The Morgan fingerprint density at radius 2 is 2.11 bits per heavy atom. The summed E-state index contributed by atoms with van der Waals surface area (Å²) >= 11 is 0. The van der Waals surface area contributed by atoms with Gasteiger partial charge in [0, 0.05) is 18.7 Å². The zero-order valence-electron chi connectivity index (χ0n) is 12.3. The molecule has 1 aromatic rings. The van der Waals surface area contributed by atoms with E-state index in [0.29, 0.717) is 25.8 Å². The maximum atomic E-state index is 11.7. The van der Waals surface area contributed by atoms with Crippen LogP contribution in [0.5, 0.6) is 0 Å². The molecule has 0 bridgehead atoms. The van der Waals surface area contributed by atoms with Gasteiger partial charge in [-0.2, -0.15) is 5.10 Å². The molecule has 0 saturated heterocycles. The van der Waals surface area contributed by atoms with Crippen LogP contribution < -0.4 is 5.32 Å². The first-order valence-corrected chi connectivity index (χ1v) is 6.87. The van der Waals surface area contributed by atoms with Crippen LogP contribution in [-0.4, -0.2) is 33.9 Å². The van der Waals surface area contributed by atoms with Crippen molar-refractivity contribution in [1.29, 1.82) is 0 Å². The molecule has 0 fully saturated rings. The van der Waals surface area contributed by atoms with Crippen molar-refractivity contribution in [1.82, 2.24) is 15.5 Å². The smallest absolute Gasteiger partial charge is 0.220 e. The fourth-order valence-electron chi connectivity index (χ4n) is 1.96. The quantitative estimate of drug-likeness (QED) is 0.700. The maximum Gasteiger partial charge on any atom is 0.220 e. The highest BCUT2D eigenvalue weighted by Crippen LogP contribution is 2.11. The van der Waals surface area contributed by atoms with Crippen LogP contribution in [0.3, 0.4) is 0 Å². The van der Waals surface area contributed by atoms with Gasteiger partial charge in [0.05, 0.1) is 11.8 Å². The van der Waals surface area contributed by atoms with E-state index in [2.05, 4.69) is 15.5 Å². The third-order valence-electron chi connectivity index (χ3n) is 3.41. The van der Waals surface area contributed by atoms with Gasteiger partial charge in [-0.3, -0.25) is 9.89 Å². The van der Waals surface area contributed by atoms with Crippen molar-refractivity contribution in [2.24, 2.45) is 5.92 Å². The molecule has 1 aromatic heterocycles. The lowest BCUT2D eigenvalue weighted by molar-refractivity contribution is -0.121. The molecule has 1 unspecified atom stereocenters. The first-order chi connectivity index (χ1) is 8.91. The molecule has 0 aliphatic heterocycles. The second kappa shape index (κ2) is 7.28. The Morgan fingerprint density at radius 1 is 1.42 bits per heavy atom. The third kappa shape index (κ3) is 5.03. The van der Waals surface area contributed by atoms with Gasteiger partial charge >= 0.3 is 0 Å². The number of carbonyl (C=O) groups is 1. The molecule has 0 aliphatic carbocycles. The van der Waals surface area contributed by atoms with E-state index in [1.165, 1.54) is 0 Å². The summed E-state index contributed by atoms with van der Waals surface area (Å²) in [5, 5.41) is 19.5. The number of carbonyl (C=O) groups excluding carboxylic acids is 1. The van der Waals surface area contributed by atoms with Crippen LogP contribution in [0, 0.1) is 19.8 Å². The Kier molecular flexibility index (Phi) is 6.02. The summed E-state index contributed by atoms with van der Waals surface area (Å²) in [6.45, 7) is 8.37. The molecule has 1 amide bonds. The molecule has 108 valence electrons. The molecule has 1 rings (SSSR count). The zero-order chi connectivity index (χ0) is 14.4. The summed E-state index contributed by atoms with van der Waals surface area (Å²) in [5.74, 6) is 0.254. The van der Waals surface area contributed by atoms with Crippen molar-refractivity contribution in [2.45, 2.75) is 53.1 Å². The number of aromatic nitrogens is 2. The van der Waals surface area contributed by atoms with E-state index in [0.717, 1.165) is 17.0 Å². The Labute approximate surface area is 114 Å². The van der Waals surface area contributed by atoms with Crippen LogP contribution >= 0.6 is 0 Å². The molecular formula is C14H25N3O2. The van der Waals surface area contributed by atoms with Crippen LogP contribution in [0.2, 0.25) is 0 Å². The first-order valence-electron chi connectivity index (χ1n) is 6.87. The van der Waals surface area contributed by atoms with Crippen LogP contribution in [-0.2, 0) is 11.2 Å². The summed E-state index contributed by atoms with van der Waals surface area (Å²) in [6.07, 6.45) is 1.41. The lowest BCUT2D eigenvalue weighted by Gasteiger charge is -2.14. The van der Waals surface area contributed by atoms with Crippen molar-refractivity contribution >= 4 is 5.91 Å². The van der Waals surface area contributed by atoms with Crippen LogP contribution in [0.4, 0.5) is 0 Å². The Morgan fingerprint density at radius 3 is 2.63 bits per heavy atom. The van der Waals surface area contributed by atoms with Gasteiger partial charge in [-0.05, 0) is 38.2 Å². The number of aliphatic hydroxyl groups is 1. The lowest BCUT2D eigenvalue weighted by atomic mass is 10.0. The molecule has 0 saturated carbocycles. The highest BCUT2D eigenvalue weighted by Gasteiger charge is 2.11. The Balaban J connectivity index is 2.25. The lowest BCUT2D eigenvalue weighted by Crippen LogP contribution is -2.28. The van der Waals surface area contributed by atoms with E-state index in [-0.39, 0.29) is 17.9 Å². The van der Waals surface area contributed by atoms with Crippen molar-refractivity contribution < 1.29 is 9.90 Å². The number of hydrogen-bond acceptors (Lipinski definition) is 3. The van der Waals surface area contributed by atoms with E-state index >= 15 is 0 Å². The number of H-pyrrole nitrogens is 1. The van der Waals surface area contributed by atoms with E-state index in [1.807, 2.05) is 27.7 Å². The molecule has 0 aromatic carbocycles. The van der Waals surface area contributed by atoms with Gasteiger partial charge in [-0.15, -0.1) is 0 Å².